The minimum absolute atomic E-state index is 0.0787. The molecule has 0 saturated carbocycles. The lowest BCUT2D eigenvalue weighted by atomic mass is 10.1. The molecule has 0 aliphatic heterocycles. The molecule has 2 rings (SSSR count). The molecule has 0 aliphatic carbocycles. The second kappa shape index (κ2) is 4.05. The van der Waals surface area contributed by atoms with Gasteiger partial charge in [0, 0.05) is 0 Å². The number of fused-ring (bicyclic) bond motifs is 1. The lowest BCUT2D eigenvalue weighted by Gasteiger charge is -2.04. The highest BCUT2D eigenvalue weighted by atomic mass is 16.5. The molecule has 1 aromatic heterocycles. The smallest absolute Gasteiger partial charge is 0.345 e. The Morgan fingerprint density at radius 3 is 2.65 bits per heavy atom. The highest BCUT2D eigenvalue weighted by Gasteiger charge is 2.15. The molecule has 4 nitrogen and oxygen atoms in total. The summed E-state index contributed by atoms with van der Waals surface area (Å²) in [5, 5.41) is 0.408. The van der Waals surface area contributed by atoms with Gasteiger partial charge in [-0.2, -0.15) is 0 Å². The maximum Gasteiger partial charge on any atom is 0.345 e. The Morgan fingerprint density at radius 1 is 1.29 bits per heavy atom. The summed E-state index contributed by atoms with van der Waals surface area (Å²) in [5.74, 6) is -0.681. The number of esters is 1. The van der Waals surface area contributed by atoms with Crippen LogP contribution in [0.2, 0.25) is 0 Å². The van der Waals surface area contributed by atoms with Crippen LogP contribution in [0.4, 0.5) is 0 Å². The van der Waals surface area contributed by atoms with E-state index in [2.05, 4.69) is 4.74 Å². The molecular weight excluding hydrogens is 220 g/mol. The number of aryl methyl sites for hydroxylation is 2. The van der Waals surface area contributed by atoms with Crippen LogP contribution >= 0.6 is 0 Å². The van der Waals surface area contributed by atoms with Gasteiger partial charge in [-0.25, -0.2) is 4.79 Å². The van der Waals surface area contributed by atoms with Crippen LogP contribution in [-0.4, -0.2) is 13.1 Å². The Hall–Kier alpha value is -2.10. The number of carbonyl (C=O) groups excluding carboxylic acids is 1. The van der Waals surface area contributed by atoms with Crippen LogP contribution in [0, 0.1) is 13.8 Å². The van der Waals surface area contributed by atoms with Gasteiger partial charge in [-0.1, -0.05) is 6.07 Å². The fourth-order valence-corrected chi connectivity index (χ4v) is 1.85. The first-order valence-corrected chi connectivity index (χ1v) is 5.15. The Balaban J connectivity index is 2.85. The third-order valence-electron chi connectivity index (χ3n) is 2.61. The molecule has 0 aliphatic rings. The maximum absolute atomic E-state index is 12.1. The molecule has 0 saturated heterocycles. The van der Waals surface area contributed by atoms with Crippen LogP contribution in [0.25, 0.3) is 11.0 Å². The van der Waals surface area contributed by atoms with Crippen molar-refractivity contribution in [2.75, 3.05) is 7.11 Å². The van der Waals surface area contributed by atoms with E-state index in [-0.39, 0.29) is 11.0 Å². The fourth-order valence-electron chi connectivity index (χ4n) is 1.85. The summed E-state index contributed by atoms with van der Waals surface area (Å²) in [6, 6.07) is 3.63. The lowest BCUT2D eigenvalue weighted by molar-refractivity contribution is 0.0597. The van der Waals surface area contributed by atoms with E-state index in [4.69, 9.17) is 4.42 Å². The standard InChI is InChI=1S/C13H12O4/c1-7-4-8(2)12-9(5-7)11(14)10(6-17-12)13(15)16-3/h4-6H,1-3H3. The number of hydrogen-bond acceptors (Lipinski definition) is 4. The Morgan fingerprint density at radius 2 is 2.00 bits per heavy atom. The molecule has 0 atom stereocenters. The Bertz CT molecular complexity index is 652. The van der Waals surface area contributed by atoms with Gasteiger partial charge in [0.15, 0.2) is 0 Å². The van der Waals surface area contributed by atoms with Gasteiger partial charge in [0.05, 0.1) is 12.5 Å². The van der Waals surface area contributed by atoms with Crippen molar-refractivity contribution in [2.24, 2.45) is 0 Å². The van der Waals surface area contributed by atoms with Crippen molar-refractivity contribution >= 4 is 16.9 Å². The normalized spacial score (nSPS) is 10.5. The van der Waals surface area contributed by atoms with Crippen molar-refractivity contribution in [2.45, 2.75) is 13.8 Å². The van der Waals surface area contributed by atoms with Gasteiger partial charge in [-0.05, 0) is 31.0 Å². The second-order valence-electron chi connectivity index (χ2n) is 3.93. The second-order valence-corrected chi connectivity index (χ2v) is 3.93. The molecule has 0 amide bonds. The molecule has 88 valence electrons. The average Bonchev–Trinajstić information content (AvgIpc) is 2.29. The van der Waals surface area contributed by atoms with Crippen molar-refractivity contribution in [1.29, 1.82) is 0 Å². The van der Waals surface area contributed by atoms with E-state index in [1.807, 2.05) is 19.9 Å². The van der Waals surface area contributed by atoms with Gasteiger partial charge in [-0.3, -0.25) is 4.79 Å². The van der Waals surface area contributed by atoms with Crippen molar-refractivity contribution in [3.05, 3.63) is 45.3 Å². The van der Waals surface area contributed by atoms with Crippen molar-refractivity contribution in [1.82, 2.24) is 0 Å². The van der Waals surface area contributed by atoms with Crippen LogP contribution in [-0.2, 0) is 4.74 Å². The zero-order valence-corrected chi connectivity index (χ0v) is 9.87. The van der Waals surface area contributed by atoms with Crippen molar-refractivity contribution in [3.63, 3.8) is 0 Å². The zero-order chi connectivity index (χ0) is 12.6. The van der Waals surface area contributed by atoms with E-state index < -0.39 is 5.97 Å². The third kappa shape index (κ3) is 1.82. The van der Waals surface area contributed by atoms with E-state index in [1.165, 1.54) is 7.11 Å². The highest BCUT2D eigenvalue weighted by Crippen LogP contribution is 2.18. The topological polar surface area (TPSA) is 56.5 Å². The molecule has 17 heavy (non-hydrogen) atoms. The van der Waals surface area contributed by atoms with Gasteiger partial charge in [0.1, 0.15) is 17.4 Å². The molecule has 0 fully saturated rings. The molecule has 1 heterocycles. The minimum atomic E-state index is -0.681. The van der Waals surface area contributed by atoms with E-state index in [0.717, 1.165) is 17.4 Å². The summed E-state index contributed by atoms with van der Waals surface area (Å²) in [6.45, 7) is 3.74. The first-order valence-electron chi connectivity index (χ1n) is 5.15. The molecule has 1 aromatic carbocycles. The molecule has 0 bridgehead atoms. The summed E-state index contributed by atoms with van der Waals surface area (Å²) in [4.78, 5) is 23.4. The monoisotopic (exact) mass is 232 g/mol. The number of methoxy groups -OCH3 is 1. The lowest BCUT2D eigenvalue weighted by Crippen LogP contribution is -2.16. The molecule has 0 spiro atoms. The average molecular weight is 232 g/mol. The van der Waals surface area contributed by atoms with Crippen molar-refractivity contribution < 1.29 is 13.9 Å². The minimum Gasteiger partial charge on any atom is -0.465 e. The Kier molecular flexibility index (Phi) is 2.71. The molecule has 0 N–H and O–H groups in total. The van der Waals surface area contributed by atoms with E-state index in [0.29, 0.717) is 11.0 Å². The highest BCUT2D eigenvalue weighted by molar-refractivity contribution is 5.93. The van der Waals surface area contributed by atoms with Crippen LogP contribution in [0.1, 0.15) is 21.5 Å². The van der Waals surface area contributed by atoms with Crippen LogP contribution < -0.4 is 5.43 Å². The van der Waals surface area contributed by atoms with Gasteiger partial charge in [0.2, 0.25) is 5.43 Å². The first-order chi connectivity index (χ1) is 8.04. The van der Waals surface area contributed by atoms with Crippen molar-refractivity contribution in [3.8, 4) is 0 Å². The predicted molar refractivity (Wildman–Crippen MR) is 63.3 cm³/mol. The number of ether oxygens (including phenoxy) is 1. The SMILES string of the molecule is COC(=O)c1coc2c(C)cc(C)cc2c1=O. The summed E-state index contributed by atoms with van der Waals surface area (Å²) >= 11 is 0. The Labute approximate surface area is 97.8 Å². The van der Waals surface area contributed by atoms with E-state index in [1.54, 1.807) is 6.07 Å². The van der Waals surface area contributed by atoms with Gasteiger partial charge in [0.25, 0.3) is 0 Å². The van der Waals surface area contributed by atoms with Crippen LogP contribution in [0.5, 0.6) is 0 Å². The summed E-state index contributed by atoms with van der Waals surface area (Å²) in [7, 11) is 1.23. The third-order valence-corrected chi connectivity index (χ3v) is 2.61. The van der Waals surface area contributed by atoms with E-state index in [9.17, 15) is 9.59 Å². The summed E-state index contributed by atoms with van der Waals surface area (Å²) in [6.07, 6.45) is 1.15. The quantitative estimate of drug-likeness (QED) is 0.707. The fraction of sp³-hybridized carbons (Fsp3) is 0.231. The molecular formula is C13H12O4. The number of rotatable bonds is 1. The van der Waals surface area contributed by atoms with Gasteiger partial charge < -0.3 is 9.15 Å². The van der Waals surface area contributed by atoms with Crippen LogP contribution in [0.15, 0.2) is 27.6 Å². The number of hydrogen-bond donors (Lipinski definition) is 0. The maximum atomic E-state index is 12.1. The summed E-state index contributed by atoms with van der Waals surface area (Å²) < 4.78 is 9.86. The predicted octanol–water partition coefficient (Wildman–Crippen LogP) is 2.20. The molecule has 4 heteroatoms. The van der Waals surface area contributed by atoms with Gasteiger partial charge in [-0.15, -0.1) is 0 Å². The molecule has 0 unspecified atom stereocenters. The van der Waals surface area contributed by atoms with E-state index >= 15 is 0 Å². The number of carbonyl (C=O) groups is 1. The zero-order valence-electron chi connectivity index (χ0n) is 9.87. The number of benzene rings is 1. The largest absolute Gasteiger partial charge is 0.465 e. The molecule has 2 aromatic rings. The van der Waals surface area contributed by atoms with Crippen LogP contribution in [0.3, 0.4) is 0 Å². The molecule has 0 radical (unpaired) electrons. The van der Waals surface area contributed by atoms with Gasteiger partial charge >= 0.3 is 5.97 Å². The first kappa shape index (κ1) is 11.4. The summed E-state index contributed by atoms with van der Waals surface area (Å²) in [5.41, 5.74) is 1.89.